The van der Waals surface area contributed by atoms with Crippen LogP contribution in [0.25, 0.3) is 93.0 Å². The highest BCUT2D eigenvalue weighted by Crippen LogP contribution is 2.46. The minimum absolute atomic E-state index is 0.661. The second-order valence-corrected chi connectivity index (χ2v) is 13.4. The molecule has 0 unspecified atom stereocenters. The first-order valence-corrected chi connectivity index (χ1v) is 17.5. The highest BCUT2D eigenvalue weighted by Gasteiger charge is 2.21. The lowest BCUT2D eigenvalue weighted by Gasteiger charge is -2.09. The molecule has 0 spiro atoms. The number of rotatable bonds is 5. The molecule has 5 heteroatoms. The predicted molar refractivity (Wildman–Crippen MR) is 209 cm³/mol. The second-order valence-electron chi connectivity index (χ2n) is 12.4. The highest BCUT2D eigenvalue weighted by molar-refractivity contribution is 7.27. The number of hydrogen-bond donors (Lipinski definition) is 0. The van der Waals surface area contributed by atoms with Crippen molar-refractivity contribution in [3.05, 3.63) is 170 Å². The first-order valence-electron chi connectivity index (χ1n) is 16.7. The van der Waals surface area contributed by atoms with Crippen LogP contribution in [-0.4, -0.2) is 19.5 Å². The van der Waals surface area contributed by atoms with E-state index in [9.17, 15) is 0 Å². The van der Waals surface area contributed by atoms with Crippen LogP contribution in [0, 0.1) is 0 Å². The van der Waals surface area contributed by atoms with Crippen molar-refractivity contribution in [1.82, 2.24) is 19.5 Å². The Morgan fingerprint density at radius 1 is 0.380 bits per heavy atom. The highest BCUT2D eigenvalue weighted by atomic mass is 32.1. The maximum Gasteiger partial charge on any atom is 0.165 e. The largest absolute Gasteiger partial charge is 0.309 e. The summed E-state index contributed by atoms with van der Waals surface area (Å²) in [5, 5.41) is 4.93. The van der Waals surface area contributed by atoms with Crippen LogP contribution in [0.4, 0.5) is 0 Å². The molecule has 10 rings (SSSR count). The number of fused-ring (bicyclic) bond motifs is 7. The van der Waals surface area contributed by atoms with Gasteiger partial charge in [-0.05, 0) is 47.5 Å². The zero-order valence-corrected chi connectivity index (χ0v) is 27.7. The fraction of sp³-hybridized carbons (Fsp3) is 0. The number of para-hydroxylation sites is 1. The van der Waals surface area contributed by atoms with Crippen LogP contribution in [0.15, 0.2) is 170 Å². The van der Waals surface area contributed by atoms with Gasteiger partial charge in [-0.25, -0.2) is 15.0 Å². The van der Waals surface area contributed by atoms with Crippen LogP contribution in [0.1, 0.15) is 0 Å². The average molecular weight is 657 g/mol. The van der Waals surface area contributed by atoms with E-state index in [4.69, 9.17) is 15.0 Å². The lowest BCUT2D eigenvalue weighted by Crippen LogP contribution is -2.00. The van der Waals surface area contributed by atoms with Crippen molar-refractivity contribution in [1.29, 1.82) is 0 Å². The van der Waals surface area contributed by atoms with Crippen molar-refractivity contribution in [2.24, 2.45) is 0 Å². The molecule has 7 aromatic carbocycles. The van der Waals surface area contributed by atoms with Crippen molar-refractivity contribution in [2.45, 2.75) is 0 Å². The maximum atomic E-state index is 5.10. The lowest BCUT2D eigenvalue weighted by atomic mass is 10.0. The molecular weight excluding hydrogens is 629 g/mol. The van der Waals surface area contributed by atoms with Crippen LogP contribution in [0.3, 0.4) is 0 Å². The fourth-order valence-electron chi connectivity index (χ4n) is 7.13. The van der Waals surface area contributed by atoms with E-state index >= 15 is 0 Å². The molecule has 0 atom stereocenters. The minimum Gasteiger partial charge on any atom is -0.309 e. The van der Waals surface area contributed by atoms with E-state index in [-0.39, 0.29) is 0 Å². The van der Waals surface area contributed by atoms with E-state index in [1.54, 1.807) is 0 Å². The smallest absolute Gasteiger partial charge is 0.165 e. The number of benzene rings is 7. The quantitative estimate of drug-likeness (QED) is 0.185. The first-order chi connectivity index (χ1) is 24.8. The Hall–Kier alpha value is -6.43. The lowest BCUT2D eigenvalue weighted by molar-refractivity contribution is 1.08. The van der Waals surface area contributed by atoms with E-state index in [1.807, 2.05) is 47.7 Å². The molecule has 0 N–H and O–H groups in total. The van der Waals surface area contributed by atoms with Gasteiger partial charge in [-0.1, -0.05) is 133 Å². The summed E-state index contributed by atoms with van der Waals surface area (Å²) in [6, 6.07) is 59.6. The van der Waals surface area contributed by atoms with Crippen molar-refractivity contribution < 1.29 is 0 Å². The van der Waals surface area contributed by atoms with Crippen LogP contribution in [-0.2, 0) is 0 Å². The summed E-state index contributed by atoms with van der Waals surface area (Å²) in [6.07, 6.45) is 0. The molecule has 0 bridgehead atoms. The Bertz CT molecular complexity index is 2780. The fourth-order valence-corrected chi connectivity index (χ4v) is 8.50. The summed E-state index contributed by atoms with van der Waals surface area (Å²) in [4.78, 5) is 15.1. The molecule has 0 saturated heterocycles. The van der Waals surface area contributed by atoms with Gasteiger partial charge in [-0.15, -0.1) is 11.3 Å². The molecule has 50 heavy (non-hydrogen) atoms. The molecule has 0 saturated carbocycles. The van der Waals surface area contributed by atoms with Crippen molar-refractivity contribution >= 4 is 53.3 Å². The van der Waals surface area contributed by atoms with Crippen LogP contribution >= 0.6 is 11.3 Å². The molecule has 10 aromatic rings. The number of aromatic nitrogens is 4. The van der Waals surface area contributed by atoms with Crippen LogP contribution in [0.5, 0.6) is 0 Å². The van der Waals surface area contributed by atoms with Gasteiger partial charge in [0.25, 0.3) is 0 Å². The molecule has 4 nitrogen and oxygen atoms in total. The van der Waals surface area contributed by atoms with Gasteiger partial charge in [0, 0.05) is 53.3 Å². The van der Waals surface area contributed by atoms with Crippen LogP contribution in [0.2, 0.25) is 0 Å². The molecule has 0 aliphatic rings. The monoisotopic (exact) mass is 656 g/mol. The van der Waals surface area contributed by atoms with E-state index < -0.39 is 0 Å². The van der Waals surface area contributed by atoms with Gasteiger partial charge < -0.3 is 4.57 Å². The maximum absolute atomic E-state index is 5.10. The van der Waals surface area contributed by atoms with Gasteiger partial charge in [-0.3, -0.25) is 0 Å². The first kappa shape index (κ1) is 28.6. The molecule has 234 valence electrons. The van der Waals surface area contributed by atoms with Crippen LogP contribution < -0.4 is 0 Å². The molecule has 3 aromatic heterocycles. The summed E-state index contributed by atoms with van der Waals surface area (Å²) in [5.74, 6) is 1.99. The van der Waals surface area contributed by atoms with E-state index in [0.29, 0.717) is 17.5 Å². The summed E-state index contributed by atoms with van der Waals surface area (Å²) < 4.78 is 4.82. The molecule has 0 fully saturated rings. The Morgan fingerprint density at radius 2 is 0.940 bits per heavy atom. The molecular formula is C45H28N4S. The third-order valence-corrected chi connectivity index (χ3v) is 10.7. The molecule has 0 radical (unpaired) electrons. The molecule has 0 amide bonds. The minimum atomic E-state index is 0.661. The standard InChI is InChI=1S/C45H28N4S/c1-5-14-29(15-6-1)32-24-26-38-37(28-32)40-39(49(38)33-20-11-4-12-21-33)27-25-35-34-22-13-23-36(41(34)50-42(35)40)45-47-43(30-16-7-2-8-17-30)46-44(48-45)31-18-9-3-10-19-31/h1-28H. The van der Waals surface area contributed by atoms with Gasteiger partial charge >= 0.3 is 0 Å². The predicted octanol–water partition coefficient (Wildman–Crippen LogP) is 12.0. The third-order valence-electron chi connectivity index (χ3n) is 9.45. The number of nitrogens with zero attached hydrogens (tertiary/aromatic N) is 4. The summed E-state index contributed by atoms with van der Waals surface area (Å²) in [6.45, 7) is 0. The van der Waals surface area contributed by atoms with E-state index in [2.05, 4.69) is 138 Å². The van der Waals surface area contributed by atoms with Gasteiger partial charge in [0.2, 0.25) is 0 Å². The van der Waals surface area contributed by atoms with E-state index in [0.717, 1.165) is 22.4 Å². The van der Waals surface area contributed by atoms with E-state index in [1.165, 1.54) is 53.1 Å². The van der Waals surface area contributed by atoms with Gasteiger partial charge in [0.15, 0.2) is 17.5 Å². The average Bonchev–Trinajstić information content (AvgIpc) is 3.74. The van der Waals surface area contributed by atoms with Crippen molar-refractivity contribution in [3.8, 4) is 51.0 Å². The number of thiophene rings is 1. The second kappa shape index (κ2) is 11.6. The van der Waals surface area contributed by atoms with Gasteiger partial charge in [0.1, 0.15) is 0 Å². The third kappa shape index (κ3) is 4.63. The Kier molecular flexibility index (Phi) is 6.64. The summed E-state index contributed by atoms with van der Waals surface area (Å²) >= 11 is 1.83. The summed E-state index contributed by atoms with van der Waals surface area (Å²) in [5.41, 5.74) is 8.86. The molecule has 0 aliphatic heterocycles. The Balaban J connectivity index is 1.26. The zero-order valence-electron chi connectivity index (χ0n) is 26.9. The molecule has 3 heterocycles. The van der Waals surface area contributed by atoms with Gasteiger partial charge in [-0.2, -0.15) is 0 Å². The number of hydrogen-bond acceptors (Lipinski definition) is 4. The Labute approximate surface area is 292 Å². The zero-order chi connectivity index (χ0) is 33.0. The van der Waals surface area contributed by atoms with Gasteiger partial charge in [0.05, 0.1) is 11.0 Å². The summed E-state index contributed by atoms with van der Waals surface area (Å²) in [7, 11) is 0. The van der Waals surface area contributed by atoms with Crippen molar-refractivity contribution in [3.63, 3.8) is 0 Å². The van der Waals surface area contributed by atoms with Crippen molar-refractivity contribution in [2.75, 3.05) is 0 Å². The topological polar surface area (TPSA) is 43.6 Å². The normalized spacial score (nSPS) is 11.6. The Morgan fingerprint density at radius 3 is 1.60 bits per heavy atom. The molecule has 0 aliphatic carbocycles. The SMILES string of the molecule is c1ccc(-c2ccc3c(c2)c2c4sc5c(-c6nc(-c7ccccc7)nc(-c7ccccc7)n6)cccc5c4ccc2n3-c2ccccc2)cc1.